The summed E-state index contributed by atoms with van der Waals surface area (Å²) in [7, 11) is 2.02. The van der Waals surface area contributed by atoms with Gasteiger partial charge in [0.15, 0.2) is 0 Å². The van der Waals surface area contributed by atoms with E-state index in [0.29, 0.717) is 10.6 Å². The van der Waals surface area contributed by atoms with E-state index in [0.717, 1.165) is 31.6 Å². The van der Waals surface area contributed by atoms with E-state index >= 15 is 0 Å². The summed E-state index contributed by atoms with van der Waals surface area (Å²) >= 11 is 6.24. The summed E-state index contributed by atoms with van der Waals surface area (Å²) in [4.78, 5) is 2.29. The molecule has 1 saturated heterocycles. The van der Waals surface area contributed by atoms with Crippen molar-refractivity contribution in [1.82, 2.24) is 5.32 Å². The van der Waals surface area contributed by atoms with Crippen LogP contribution in [0.25, 0.3) is 0 Å². The fourth-order valence-corrected chi connectivity index (χ4v) is 2.62. The summed E-state index contributed by atoms with van der Waals surface area (Å²) in [5.41, 5.74) is 1.88. The molecule has 0 atom stereocenters. The van der Waals surface area contributed by atoms with Crippen LogP contribution in [0.15, 0.2) is 18.2 Å². The van der Waals surface area contributed by atoms with Gasteiger partial charge in [0, 0.05) is 18.6 Å². The summed E-state index contributed by atoms with van der Waals surface area (Å²) in [5.74, 6) is 0. The van der Waals surface area contributed by atoms with Crippen molar-refractivity contribution in [1.29, 1.82) is 5.26 Å². The highest BCUT2D eigenvalue weighted by Gasteiger charge is 2.28. The summed E-state index contributed by atoms with van der Waals surface area (Å²) in [6, 6.07) is 7.62. The van der Waals surface area contributed by atoms with Gasteiger partial charge in [-0.15, -0.1) is 0 Å². The van der Waals surface area contributed by atoms with Gasteiger partial charge in [0.1, 0.15) is 0 Å². The summed E-state index contributed by atoms with van der Waals surface area (Å²) in [6.07, 6.45) is 2.19. The number of rotatable bonds is 2. The van der Waals surface area contributed by atoms with E-state index in [2.05, 4.69) is 23.2 Å². The van der Waals surface area contributed by atoms with Crippen molar-refractivity contribution < 1.29 is 0 Å². The minimum absolute atomic E-state index is 0.232. The van der Waals surface area contributed by atoms with E-state index in [1.165, 1.54) is 0 Å². The largest absolute Gasteiger partial charge is 0.370 e. The minimum Gasteiger partial charge on any atom is -0.370 e. The van der Waals surface area contributed by atoms with Crippen molar-refractivity contribution in [2.45, 2.75) is 25.3 Å². The molecule has 4 heteroatoms. The molecular formula is C14H18ClN3. The summed E-state index contributed by atoms with van der Waals surface area (Å²) in [5, 5.41) is 12.9. The monoisotopic (exact) mass is 263 g/mol. The van der Waals surface area contributed by atoms with Crippen LogP contribution in [-0.4, -0.2) is 25.7 Å². The number of halogens is 1. The number of nitrogens with zero attached hydrogens (tertiary/aromatic N) is 2. The Hall–Kier alpha value is -1.24. The molecule has 3 nitrogen and oxygen atoms in total. The van der Waals surface area contributed by atoms with Crippen LogP contribution in [0.4, 0.5) is 5.69 Å². The first-order valence-corrected chi connectivity index (χ1v) is 6.59. The molecule has 2 rings (SSSR count). The molecule has 1 aromatic carbocycles. The third-order valence-corrected chi connectivity index (χ3v) is 4.19. The average Bonchev–Trinajstić information content (AvgIpc) is 2.40. The minimum atomic E-state index is 0.232. The first-order chi connectivity index (χ1) is 8.58. The summed E-state index contributed by atoms with van der Waals surface area (Å²) in [6.45, 7) is 4.23. The van der Waals surface area contributed by atoms with E-state index in [1.54, 1.807) is 6.07 Å². The van der Waals surface area contributed by atoms with Crippen molar-refractivity contribution in [3.8, 4) is 6.07 Å². The highest BCUT2D eigenvalue weighted by molar-refractivity contribution is 6.33. The fraction of sp³-hybridized carbons (Fsp3) is 0.500. The summed E-state index contributed by atoms with van der Waals surface area (Å²) < 4.78 is 0. The molecule has 1 fully saturated rings. The number of benzene rings is 1. The third kappa shape index (κ3) is 2.60. The molecule has 0 saturated carbocycles. The lowest BCUT2D eigenvalue weighted by molar-refractivity contribution is 0.305. The Balaban J connectivity index is 2.13. The predicted octanol–water partition coefficient (Wildman–Crippen LogP) is 2.79. The maximum absolute atomic E-state index is 8.83. The molecular weight excluding hydrogens is 246 g/mol. The van der Waals surface area contributed by atoms with Crippen molar-refractivity contribution >= 4 is 17.3 Å². The Labute approximate surface area is 113 Å². The maximum atomic E-state index is 8.83. The van der Waals surface area contributed by atoms with Gasteiger partial charge in [-0.05, 0) is 45.0 Å². The van der Waals surface area contributed by atoms with Gasteiger partial charge in [0.05, 0.1) is 22.3 Å². The zero-order valence-corrected chi connectivity index (χ0v) is 11.6. The molecule has 1 aromatic rings. The van der Waals surface area contributed by atoms with Crippen molar-refractivity contribution in [2.24, 2.45) is 0 Å². The zero-order valence-electron chi connectivity index (χ0n) is 10.8. The van der Waals surface area contributed by atoms with E-state index in [9.17, 15) is 0 Å². The number of hydrogen-bond donors (Lipinski definition) is 1. The standard InChI is InChI=1S/C14H18ClN3/c1-14(17-2)5-7-18(8-6-14)13-4-3-11(10-16)9-12(13)15/h3-4,9,17H,5-8H2,1-2H3. The molecule has 1 aliphatic rings. The lowest BCUT2D eigenvalue weighted by Crippen LogP contribution is -2.50. The molecule has 0 aromatic heterocycles. The molecule has 0 amide bonds. The van der Waals surface area contributed by atoms with E-state index in [1.807, 2.05) is 19.2 Å². The topological polar surface area (TPSA) is 39.1 Å². The van der Waals surface area contributed by atoms with Crippen molar-refractivity contribution in [3.05, 3.63) is 28.8 Å². The number of nitriles is 1. The lowest BCUT2D eigenvalue weighted by atomic mass is 9.89. The number of anilines is 1. The fourth-order valence-electron chi connectivity index (χ4n) is 2.32. The van der Waals surface area contributed by atoms with Gasteiger partial charge in [-0.1, -0.05) is 11.6 Å². The quantitative estimate of drug-likeness (QED) is 0.892. The Morgan fingerprint density at radius 3 is 2.56 bits per heavy atom. The Kier molecular flexibility index (Phi) is 3.79. The van der Waals surface area contributed by atoms with E-state index < -0.39 is 0 Å². The van der Waals surface area contributed by atoms with Gasteiger partial charge in [-0.3, -0.25) is 0 Å². The van der Waals surface area contributed by atoms with Gasteiger partial charge in [-0.2, -0.15) is 5.26 Å². The molecule has 0 radical (unpaired) electrons. The molecule has 1 heterocycles. The van der Waals surface area contributed by atoms with Crippen LogP contribution < -0.4 is 10.2 Å². The predicted molar refractivity (Wildman–Crippen MR) is 75.1 cm³/mol. The lowest BCUT2D eigenvalue weighted by Gasteiger charge is -2.40. The van der Waals surface area contributed by atoms with Gasteiger partial charge in [0.2, 0.25) is 0 Å². The third-order valence-electron chi connectivity index (χ3n) is 3.89. The molecule has 96 valence electrons. The Morgan fingerprint density at radius 1 is 1.39 bits per heavy atom. The normalized spacial score (nSPS) is 18.4. The molecule has 18 heavy (non-hydrogen) atoms. The highest BCUT2D eigenvalue weighted by Crippen LogP contribution is 2.31. The second-order valence-electron chi connectivity index (χ2n) is 5.08. The molecule has 0 aliphatic carbocycles. The highest BCUT2D eigenvalue weighted by atomic mass is 35.5. The van der Waals surface area contributed by atoms with Crippen molar-refractivity contribution in [2.75, 3.05) is 25.0 Å². The first kappa shape index (κ1) is 13.2. The van der Waals surface area contributed by atoms with Crippen LogP contribution in [0.3, 0.4) is 0 Å². The van der Waals surface area contributed by atoms with E-state index in [4.69, 9.17) is 16.9 Å². The molecule has 0 spiro atoms. The van der Waals surface area contributed by atoms with Gasteiger partial charge in [-0.25, -0.2) is 0 Å². The van der Waals surface area contributed by atoms with Gasteiger partial charge >= 0.3 is 0 Å². The number of hydrogen-bond acceptors (Lipinski definition) is 3. The molecule has 0 bridgehead atoms. The van der Waals surface area contributed by atoms with Gasteiger partial charge in [0.25, 0.3) is 0 Å². The molecule has 1 aliphatic heterocycles. The van der Waals surface area contributed by atoms with Crippen LogP contribution in [0.5, 0.6) is 0 Å². The number of piperidine rings is 1. The van der Waals surface area contributed by atoms with Crippen LogP contribution in [0, 0.1) is 11.3 Å². The van der Waals surface area contributed by atoms with Crippen LogP contribution >= 0.6 is 11.6 Å². The SMILES string of the molecule is CNC1(C)CCN(c2ccc(C#N)cc2Cl)CC1. The Bertz CT molecular complexity index is 470. The zero-order chi connectivity index (χ0) is 13.2. The average molecular weight is 264 g/mol. The first-order valence-electron chi connectivity index (χ1n) is 6.21. The maximum Gasteiger partial charge on any atom is 0.0992 e. The number of nitrogens with one attached hydrogen (secondary N) is 1. The molecule has 1 N–H and O–H groups in total. The van der Waals surface area contributed by atoms with Crippen molar-refractivity contribution in [3.63, 3.8) is 0 Å². The van der Waals surface area contributed by atoms with E-state index in [-0.39, 0.29) is 5.54 Å². The van der Waals surface area contributed by atoms with Crippen LogP contribution in [-0.2, 0) is 0 Å². The molecule has 0 unspecified atom stereocenters. The Morgan fingerprint density at radius 2 is 2.06 bits per heavy atom. The second-order valence-corrected chi connectivity index (χ2v) is 5.48. The van der Waals surface area contributed by atoms with Crippen LogP contribution in [0.2, 0.25) is 5.02 Å². The van der Waals surface area contributed by atoms with Gasteiger partial charge < -0.3 is 10.2 Å². The smallest absolute Gasteiger partial charge is 0.0992 e. The van der Waals surface area contributed by atoms with Crippen LogP contribution in [0.1, 0.15) is 25.3 Å². The second kappa shape index (κ2) is 5.17.